The quantitative estimate of drug-likeness (QED) is 0.472. The molecular formula is C21H27N7O. The minimum absolute atomic E-state index is 0.00365. The lowest BCUT2D eigenvalue weighted by Crippen LogP contribution is -2.38. The lowest BCUT2D eigenvalue weighted by Gasteiger charge is -2.12. The second kappa shape index (κ2) is 9.68. The van der Waals surface area contributed by atoms with Crippen LogP contribution in [0.5, 0.6) is 0 Å². The summed E-state index contributed by atoms with van der Waals surface area (Å²) in [5, 5.41) is 15.0. The maximum atomic E-state index is 12.0. The summed E-state index contributed by atoms with van der Waals surface area (Å²) in [6.45, 7) is 4.03. The SMILES string of the molecule is CCNC(=NCc1ccc(C(=O)N(C)C)cc1)NCCc1nnc2ccccn12. The van der Waals surface area contributed by atoms with Crippen LogP contribution in [-0.2, 0) is 13.0 Å². The number of amides is 1. The monoisotopic (exact) mass is 393 g/mol. The fraction of sp³-hybridized carbons (Fsp3) is 0.333. The molecule has 0 unspecified atom stereocenters. The zero-order valence-electron chi connectivity index (χ0n) is 17.1. The summed E-state index contributed by atoms with van der Waals surface area (Å²) >= 11 is 0. The topological polar surface area (TPSA) is 86.9 Å². The molecule has 2 heterocycles. The van der Waals surface area contributed by atoms with Crippen molar-refractivity contribution >= 4 is 17.5 Å². The molecule has 2 N–H and O–H groups in total. The van der Waals surface area contributed by atoms with Gasteiger partial charge in [0.15, 0.2) is 11.6 Å². The predicted molar refractivity (Wildman–Crippen MR) is 114 cm³/mol. The standard InChI is InChI=1S/C21H27N7O/c1-4-22-21(23-13-12-19-26-25-18-7-5-6-14-28(18)19)24-15-16-8-10-17(11-9-16)20(29)27(2)3/h5-11,14H,4,12-13,15H2,1-3H3,(H2,22,23,24). The number of aliphatic imine (C=N–C) groups is 1. The predicted octanol–water partition coefficient (Wildman–Crippen LogP) is 1.73. The molecule has 8 heteroatoms. The van der Waals surface area contributed by atoms with E-state index in [2.05, 4.69) is 25.8 Å². The molecule has 0 aliphatic carbocycles. The van der Waals surface area contributed by atoms with Gasteiger partial charge in [-0.05, 0) is 36.8 Å². The largest absolute Gasteiger partial charge is 0.357 e. The van der Waals surface area contributed by atoms with Gasteiger partial charge in [-0.2, -0.15) is 0 Å². The van der Waals surface area contributed by atoms with E-state index in [1.807, 2.05) is 60.0 Å². The van der Waals surface area contributed by atoms with E-state index < -0.39 is 0 Å². The van der Waals surface area contributed by atoms with Crippen molar-refractivity contribution in [2.45, 2.75) is 19.9 Å². The number of carbonyl (C=O) groups is 1. The van der Waals surface area contributed by atoms with Gasteiger partial charge in [-0.15, -0.1) is 10.2 Å². The van der Waals surface area contributed by atoms with Gasteiger partial charge in [-0.1, -0.05) is 18.2 Å². The summed E-state index contributed by atoms with van der Waals surface area (Å²) in [5.41, 5.74) is 2.56. The highest BCUT2D eigenvalue weighted by Gasteiger charge is 2.07. The number of nitrogens with zero attached hydrogens (tertiary/aromatic N) is 5. The van der Waals surface area contributed by atoms with Crippen LogP contribution < -0.4 is 10.6 Å². The first-order valence-corrected chi connectivity index (χ1v) is 9.70. The van der Waals surface area contributed by atoms with E-state index >= 15 is 0 Å². The summed E-state index contributed by atoms with van der Waals surface area (Å²) < 4.78 is 1.99. The molecule has 0 bridgehead atoms. The Balaban J connectivity index is 1.57. The molecule has 8 nitrogen and oxygen atoms in total. The summed E-state index contributed by atoms with van der Waals surface area (Å²) in [6, 6.07) is 13.4. The molecule has 1 aromatic carbocycles. The first-order chi connectivity index (χ1) is 14.1. The molecular weight excluding hydrogens is 366 g/mol. The lowest BCUT2D eigenvalue weighted by atomic mass is 10.1. The van der Waals surface area contributed by atoms with E-state index in [1.54, 1.807) is 19.0 Å². The van der Waals surface area contributed by atoms with Crippen LogP contribution in [0.15, 0.2) is 53.7 Å². The Labute approximate surface area is 170 Å². The second-order valence-corrected chi connectivity index (χ2v) is 6.81. The number of guanidine groups is 1. The number of hydrogen-bond acceptors (Lipinski definition) is 4. The van der Waals surface area contributed by atoms with Crippen LogP contribution in [0.4, 0.5) is 0 Å². The number of carbonyl (C=O) groups excluding carboxylic acids is 1. The van der Waals surface area contributed by atoms with Crippen LogP contribution >= 0.6 is 0 Å². The summed E-state index contributed by atoms with van der Waals surface area (Å²) in [7, 11) is 3.49. The van der Waals surface area contributed by atoms with Crippen molar-refractivity contribution in [2.24, 2.45) is 4.99 Å². The minimum atomic E-state index is -0.00365. The smallest absolute Gasteiger partial charge is 0.253 e. The third kappa shape index (κ3) is 5.31. The number of pyridine rings is 1. The van der Waals surface area contributed by atoms with Crippen molar-refractivity contribution in [2.75, 3.05) is 27.2 Å². The van der Waals surface area contributed by atoms with E-state index in [4.69, 9.17) is 0 Å². The van der Waals surface area contributed by atoms with Crippen molar-refractivity contribution in [3.8, 4) is 0 Å². The van der Waals surface area contributed by atoms with Gasteiger partial charge in [-0.3, -0.25) is 9.20 Å². The van der Waals surface area contributed by atoms with Crippen LogP contribution in [0.3, 0.4) is 0 Å². The molecule has 3 rings (SSSR count). The number of rotatable bonds is 7. The molecule has 0 saturated heterocycles. The Hall–Kier alpha value is -3.42. The first-order valence-electron chi connectivity index (χ1n) is 9.70. The molecule has 2 aromatic heterocycles. The molecule has 152 valence electrons. The summed E-state index contributed by atoms with van der Waals surface area (Å²) in [4.78, 5) is 18.2. The number of nitrogens with one attached hydrogen (secondary N) is 2. The first kappa shape index (κ1) is 20.3. The highest BCUT2D eigenvalue weighted by molar-refractivity contribution is 5.93. The van der Waals surface area contributed by atoms with E-state index in [-0.39, 0.29) is 5.91 Å². The fourth-order valence-electron chi connectivity index (χ4n) is 2.88. The number of aromatic nitrogens is 3. The number of hydrogen-bond donors (Lipinski definition) is 2. The van der Waals surface area contributed by atoms with Crippen molar-refractivity contribution in [3.05, 3.63) is 65.6 Å². The molecule has 0 radical (unpaired) electrons. The highest BCUT2D eigenvalue weighted by atomic mass is 16.2. The lowest BCUT2D eigenvalue weighted by molar-refractivity contribution is 0.0827. The van der Waals surface area contributed by atoms with E-state index in [0.29, 0.717) is 18.7 Å². The van der Waals surface area contributed by atoms with Crippen molar-refractivity contribution < 1.29 is 4.79 Å². The van der Waals surface area contributed by atoms with Gasteiger partial charge >= 0.3 is 0 Å². The van der Waals surface area contributed by atoms with Crippen LogP contribution in [0.25, 0.3) is 5.65 Å². The average Bonchev–Trinajstić information content (AvgIpc) is 3.15. The van der Waals surface area contributed by atoms with Crippen molar-refractivity contribution in [3.63, 3.8) is 0 Å². The maximum absolute atomic E-state index is 12.0. The van der Waals surface area contributed by atoms with Gasteiger partial charge in [0.1, 0.15) is 5.82 Å². The molecule has 0 spiro atoms. The van der Waals surface area contributed by atoms with E-state index in [1.165, 1.54) is 0 Å². The van der Waals surface area contributed by atoms with E-state index in [0.717, 1.165) is 36.0 Å². The Morgan fingerprint density at radius 2 is 1.90 bits per heavy atom. The summed E-state index contributed by atoms with van der Waals surface area (Å²) in [6.07, 6.45) is 2.70. The molecule has 0 saturated carbocycles. The van der Waals surface area contributed by atoms with E-state index in [9.17, 15) is 4.79 Å². The molecule has 0 aliphatic heterocycles. The Bertz CT molecular complexity index is 976. The third-order valence-electron chi connectivity index (χ3n) is 4.40. The zero-order chi connectivity index (χ0) is 20.6. The zero-order valence-corrected chi connectivity index (χ0v) is 17.1. The normalized spacial score (nSPS) is 11.5. The van der Waals surface area contributed by atoms with Crippen LogP contribution in [0.2, 0.25) is 0 Å². The van der Waals surface area contributed by atoms with Crippen LogP contribution in [0, 0.1) is 0 Å². The minimum Gasteiger partial charge on any atom is -0.357 e. The average molecular weight is 393 g/mol. The Morgan fingerprint density at radius 1 is 1.10 bits per heavy atom. The van der Waals surface area contributed by atoms with Gasteiger partial charge in [0.25, 0.3) is 5.91 Å². The third-order valence-corrected chi connectivity index (χ3v) is 4.40. The van der Waals surface area contributed by atoms with Gasteiger partial charge < -0.3 is 15.5 Å². The number of benzene rings is 1. The molecule has 1 amide bonds. The van der Waals surface area contributed by atoms with Crippen LogP contribution in [-0.4, -0.2) is 58.5 Å². The molecule has 0 atom stereocenters. The van der Waals surface area contributed by atoms with Crippen LogP contribution in [0.1, 0.15) is 28.7 Å². The molecule has 3 aromatic rings. The second-order valence-electron chi connectivity index (χ2n) is 6.81. The molecule has 29 heavy (non-hydrogen) atoms. The van der Waals surface area contributed by atoms with Gasteiger partial charge in [0, 0.05) is 45.4 Å². The fourth-order valence-corrected chi connectivity index (χ4v) is 2.88. The Kier molecular flexibility index (Phi) is 6.78. The number of fused-ring (bicyclic) bond motifs is 1. The Morgan fingerprint density at radius 3 is 2.62 bits per heavy atom. The van der Waals surface area contributed by atoms with Gasteiger partial charge in [0.2, 0.25) is 0 Å². The maximum Gasteiger partial charge on any atom is 0.253 e. The van der Waals surface area contributed by atoms with Crippen molar-refractivity contribution in [1.82, 2.24) is 30.1 Å². The van der Waals surface area contributed by atoms with Gasteiger partial charge in [-0.25, -0.2) is 4.99 Å². The molecule has 0 fully saturated rings. The van der Waals surface area contributed by atoms with Crippen molar-refractivity contribution in [1.29, 1.82) is 0 Å². The summed E-state index contributed by atoms with van der Waals surface area (Å²) in [5.74, 6) is 1.65. The highest BCUT2D eigenvalue weighted by Crippen LogP contribution is 2.07. The molecule has 0 aliphatic rings. The van der Waals surface area contributed by atoms with Gasteiger partial charge in [0.05, 0.1) is 6.54 Å².